The monoisotopic (exact) mass is 369 g/mol. The van der Waals surface area contributed by atoms with Crippen molar-refractivity contribution in [3.05, 3.63) is 59.7 Å². The number of methoxy groups -OCH3 is 1. The van der Waals surface area contributed by atoms with Crippen LogP contribution in [0.4, 0.5) is 4.79 Å². The molecule has 0 unspecified atom stereocenters. The third kappa shape index (κ3) is 6.11. The van der Waals surface area contributed by atoms with E-state index >= 15 is 0 Å². The van der Waals surface area contributed by atoms with E-state index in [1.807, 2.05) is 38.4 Å². The summed E-state index contributed by atoms with van der Waals surface area (Å²) < 4.78 is 4.59. The molecule has 0 aliphatic heterocycles. The Labute approximate surface area is 160 Å². The molecule has 0 saturated carbocycles. The van der Waals surface area contributed by atoms with Crippen molar-refractivity contribution in [1.82, 2.24) is 15.1 Å². The lowest BCUT2D eigenvalue weighted by molar-refractivity contribution is -0.121. The largest absolute Gasteiger partial charge is 0.453 e. The minimum Gasteiger partial charge on any atom is -0.453 e. The van der Waals surface area contributed by atoms with Gasteiger partial charge in [-0.3, -0.25) is 4.79 Å². The fourth-order valence-electron chi connectivity index (χ4n) is 2.80. The molecular weight excluding hydrogens is 342 g/mol. The van der Waals surface area contributed by atoms with Crippen molar-refractivity contribution in [3.8, 4) is 11.1 Å². The Balaban J connectivity index is 2.05. The van der Waals surface area contributed by atoms with Gasteiger partial charge >= 0.3 is 6.09 Å². The second-order valence-corrected chi connectivity index (χ2v) is 6.69. The van der Waals surface area contributed by atoms with Crippen LogP contribution in [-0.2, 0) is 22.6 Å². The number of hydrogen-bond acceptors (Lipinski definition) is 4. The quantitative estimate of drug-likeness (QED) is 0.815. The maximum absolute atomic E-state index is 12.1. The van der Waals surface area contributed by atoms with Crippen LogP contribution in [0.15, 0.2) is 48.5 Å². The first-order chi connectivity index (χ1) is 12.9. The molecule has 0 aromatic heterocycles. The summed E-state index contributed by atoms with van der Waals surface area (Å²) in [5.41, 5.74) is 4.46. The molecule has 0 saturated heterocycles. The number of likely N-dealkylation sites (N-methyl/N-ethyl adjacent to an activating group) is 1. The van der Waals surface area contributed by atoms with Crippen molar-refractivity contribution in [3.63, 3.8) is 0 Å². The van der Waals surface area contributed by atoms with Crippen LogP contribution in [0.1, 0.15) is 11.1 Å². The normalized spacial score (nSPS) is 10.6. The lowest BCUT2D eigenvalue weighted by Gasteiger charge is -2.16. The van der Waals surface area contributed by atoms with Crippen molar-refractivity contribution < 1.29 is 14.3 Å². The van der Waals surface area contributed by atoms with E-state index in [0.29, 0.717) is 6.54 Å². The van der Waals surface area contributed by atoms with Gasteiger partial charge in [0.25, 0.3) is 0 Å². The van der Waals surface area contributed by atoms with Crippen molar-refractivity contribution in [2.45, 2.75) is 13.1 Å². The van der Waals surface area contributed by atoms with Crippen molar-refractivity contribution >= 4 is 12.0 Å². The van der Waals surface area contributed by atoms with E-state index in [0.717, 1.165) is 23.2 Å². The zero-order valence-corrected chi connectivity index (χ0v) is 16.4. The predicted molar refractivity (Wildman–Crippen MR) is 106 cm³/mol. The lowest BCUT2D eigenvalue weighted by Crippen LogP contribution is -2.38. The zero-order chi connectivity index (χ0) is 19.8. The summed E-state index contributed by atoms with van der Waals surface area (Å²) >= 11 is 0. The van der Waals surface area contributed by atoms with E-state index in [4.69, 9.17) is 0 Å². The molecule has 0 atom stereocenters. The van der Waals surface area contributed by atoms with Gasteiger partial charge in [0.2, 0.25) is 5.91 Å². The minimum atomic E-state index is -0.539. The standard InChI is InChI=1S/C21H27N3O3/c1-23(2)14-16-9-11-17(12-10-16)19-8-6-5-7-18(19)13-22-20(25)15-24(3)21(26)27-4/h5-12H,13-15H2,1-4H3,(H,22,25). The van der Waals surface area contributed by atoms with Crippen LogP contribution in [0.2, 0.25) is 0 Å². The Morgan fingerprint density at radius 3 is 2.30 bits per heavy atom. The van der Waals surface area contributed by atoms with Crippen LogP contribution in [0.3, 0.4) is 0 Å². The minimum absolute atomic E-state index is 0.0475. The first-order valence-corrected chi connectivity index (χ1v) is 8.78. The Bertz CT molecular complexity index is 772. The van der Waals surface area contributed by atoms with E-state index in [1.165, 1.54) is 24.6 Å². The molecule has 2 amide bonds. The third-order valence-electron chi connectivity index (χ3n) is 4.12. The summed E-state index contributed by atoms with van der Waals surface area (Å²) in [5.74, 6) is -0.237. The fourth-order valence-corrected chi connectivity index (χ4v) is 2.80. The summed E-state index contributed by atoms with van der Waals surface area (Å²) in [6.45, 7) is 1.24. The molecule has 0 spiro atoms. The van der Waals surface area contributed by atoms with Crippen LogP contribution in [-0.4, -0.2) is 56.6 Å². The average molecular weight is 369 g/mol. The van der Waals surface area contributed by atoms with Gasteiger partial charge in [0, 0.05) is 20.1 Å². The summed E-state index contributed by atoms with van der Waals surface area (Å²) in [5, 5.41) is 2.86. The maximum Gasteiger partial charge on any atom is 0.409 e. The number of amides is 2. The fraction of sp³-hybridized carbons (Fsp3) is 0.333. The van der Waals surface area contributed by atoms with Gasteiger partial charge in [-0.2, -0.15) is 0 Å². The van der Waals surface area contributed by atoms with Gasteiger partial charge in [-0.15, -0.1) is 0 Å². The summed E-state index contributed by atoms with van der Waals surface area (Å²) in [4.78, 5) is 26.8. The van der Waals surface area contributed by atoms with Gasteiger partial charge in [-0.25, -0.2) is 4.79 Å². The molecule has 1 N–H and O–H groups in total. The Kier molecular flexibility index (Phi) is 7.37. The zero-order valence-electron chi connectivity index (χ0n) is 16.4. The average Bonchev–Trinajstić information content (AvgIpc) is 2.66. The number of carbonyl (C=O) groups excluding carboxylic acids is 2. The number of rotatable bonds is 7. The Morgan fingerprint density at radius 2 is 1.67 bits per heavy atom. The molecule has 0 heterocycles. The second-order valence-electron chi connectivity index (χ2n) is 6.69. The molecule has 0 radical (unpaired) electrons. The first kappa shape index (κ1) is 20.5. The lowest BCUT2D eigenvalue weighted by atomic mass is 9.98. The molecule has 0 fully saturated rings. The number of benzene rings is 2. The molecule has 6 nitrogen and oxygen atoms in total. The SMILES string of the molecule is COC(=O)N(C)CC(=O)NCc1ccccc1-c1ccc(CN(C)C)cc1. The van der Waals surface area contributed by atoms with E-state index in [9.17, 15) is 9.59 Å². The summed E-state index contributed by atoms with van der Waals surface area (Å²) in [6.07, 6.45) is -0.539. The van der Waals surface area contributed by atoms with Crippen LogP contribution in [0, 0.1) is 0 Å². The van der Waals surface area contributed by atoms with Crippen LogP contribution in [0.25, 0.3) is 11.1 Å². The van der Waals surface area contributed by atoms with E-state index in [2.05, 4.69) is 39.2 Å². The molecule has 0 aliphatic rings. The van der Waals surface area contributed by atoms with Crippen LogP contribution < -0.4 is 5.32 Å². The highest BCUT2D eigenvalue weighted by atomic mass is 16.5. The third-order valence-corrected chi connectivity index (χ3v) is 4.12. The van der Waals surface area contributed by atoms with E-state index < -0.39 is 6.09 Å². The number of hydrogen-bond donors (Lipinski definition) is 1. The predicted octanol–water partition coefficient (Wildman–Crippen LogP) is 2.73. The Morgan fingerprint density at radius 1 is 1.00 bits per heavy atom. The second kappa shape index (κ2) is 9.73. The molecule has 2 aromatic carbocycles. The van der Waals surface area contributed by atoms with Gasteiger partial charge in [0.15, 0.2) is 0 Å². The molecule has 144 valence electrons. The topological polar surface area (TPSA) is 61.9 Å². The van der Waals surface area contributed by atoms with E-state index in [-0.39, 0.29) is 12.5 Å². The molecule has 2 aromatic rings. The number of nitrogens with zero attached hydrogens (tertiary/aromatic N) is 2. The molecule has 27 heavy (non-hydrogen) atoms. The van der Waals surface area contributed by atoms with Crippen molar-refractivity contribution in [2.75, 3.05) is 34.8 Å². The van der Waals surface area contributed by atoms with Crippen LogP contribution in [0.5, 0.6) is 0 Å². The van der Waals surface area contributed by atoms with Gasteiger partial charge in [-0.05, 0) is 36.3 Å². The van der Waals surface area contributed by atoms with Gasteiger partial charge in [-0.1, -0.05) is 48.5 Å². The number of nitrogens with one attached hydrogen (secondary N) is 1. The maximum atomic E-state index is 12.1. The van der Waals surface area contributed by atoms with Crippen LogP contribution >= 0.6 is 0 Å². The van der Waals surface area contributed by atoms with Crippen molar-refractivity contribution in [2.24, 2.45) is 0 Å². The van der Waals surface area contributed by atoms with E-state index in [1.54, 1.807) is 0 Å². The molecular formula is C21H27N3O3. The highest BCUT2D eigenvalue weighted by Gasteiger charge is 2.13. The number of ether oxygens (including phenoxy) is 1. The summed E-state index contributed by atoms with van der Waals surface area (Å²) in [6, 6.07) is 16.4. The summed E-state index contributed by atoms with van der Waals surface area (Å²) in [7, 11) is 6.90. The Hall–Kier alpha value is -2.86. The molecule has 6 heteroatoms. The van der Waals surface area contributed by atoms with Gasteiger partial charge < -0.3 is 19.9 Å². The number of carbonyl (C=O) groups is 2. The molecule has 2 rings (SSSR count). The molecule has 0 aliphatic carbocycles. The smallest absolute Gasteiger partial charge is 0.409 e. The highest BCUT2D eigenvalue weighted by molar-refractivity contribution is 5.82. The van der Waals surface area contributed by atoms with Gasteiger partial charge in [0.1, 0.15) is 6.54 Å². The first-order valence-electron chi connectivity index (χ1n) is 8.78. The highest BCUT2D eigenvalue weighted by Crippen LogP contribution is 2.24. The van der Waals surface area contributed by atoms with Crippen molar-refractivity contribution in [1.29, 1.82) is 0 Å². The molecule has 0 bridgehead atoms. The van der Waals surface area contributed by atoms with Gasteiger partial charge in [0.05, 0.1) is 7.11 Å².